The monoisotopic (exact) mass is 380 g/mol. The molecule has 0 bridgehead atoms. The normalized spacial score (nSPS) is 11.1. The number of hydrogen-bond donors (Lipinski definition) is 0. The van der Waals surface area contributed by atoms with Crippen LogP contribution in [0.5, 0.6) is 0 Å². The largest absolute Gasteiger partial charge is 0.0616 e. The molecule has 0 fully saturated rings. The number of halogens is 1. The predicted molar refractivity (Wildman–Crippen MR) is 99.6 cm³/mol. The van der Waals surface area contributed by atoms with Gasteiger partial charge < -0.3 is 0 Å². The average molecular weight is 380 g/mol. The van der Waals surface area contributed by atoms with E-state index in [2.05, 4.69) is 101 Å². The van der Waals surface area contributed by atoms with Crippen LogP contribution in [0.25, 0.3) is 32.7 Å². The summed E-state index contributed by atoms with van der Waals surface area (Å²) in [5.74, 6) is 0. The van der Waals surface area contributed by atoms with E-state index in [9.17, 15) is 0 Å². The summed E-state index contributed by atoms with van der Waals surface area (Å²) >= 11 is 2.35. The molecule has 0 N–H and O–H groups in total. The van der Waals surface area contributed by atoms with E-state index in [1.807, 2.05) is 0 Å². The van der Waals surface area contributed by atoms with Crippen LogP contribution in [0.15, 0.2) is 78.9 Å². The first-order chi connectivity index (χ1) is 10.3. The lowest BCUT2D eigenvalue weighted by Gasteiger charge is -2.11. The van der Waals surface area contributed by atoms with Gasteiger partial charge in [-0.15, -0.1) is 0 Å². The van der Waals surface area contributed by atoms with E-state index in [-0.39, 0.29) is 0 Å². The van der Waals surface area contributed by atoms with Crippen LogP contribution in [-0.2, 0) is 0 Å². The third-order valence-corrected chi connectivity index (χ3v) is 4.64. The summed E-state index contributed by atoms with van der Waals surface area (Å²) in [6, 6.07) is 28.3. The topological polar surface area (TPSA) is 0 Å². The lowest BCUT2D eigenvalue weighted by atomic mass is 9.93. The van der Waals surface area contributed by atoms with Crippen LogP contribution in [0.3, 0.4) is 0 Å². The molecule has 0 aromatic heterocycles. The molecule has 0 radical (unpaired) electrons. The molecule has 0 nitrogen and oxygen atoms in total. The minimum atomic E-state index is 1.27. The Bertz CT molecular complexity index is 937. The standard InChI is InChI=1S/C20H13I/c21-16-11-9-14(10-12-16)20-13-15-5-1-2-6-17(15)18-7-3-4-8-19(18)20/h1-13H. The van der Waals surface area contributed by atoms with Gasteiger partial charge in [0.05, 0.1) is 0 Å². The molecule has 0 spiro atoms. The lowest BCUT2D eigenvalue weighted by molar-refractivity contribution is 1.62. The third kappa shape index (κ3) is 2.22. The summed E-state index contributed by atoms with van der Waals surface area (Å²) in [5, 5.41) is 5.26. The molecule has 1 heteroatoms. The van der Waals surface area contributed by atoms with Gasteiger partial charge >= 0.3 is 0 Å². The fraction of sp³-hybridized carbons (Fsp3) is 0. The molecule has 0 heterocycles. The highest BCUT2D eigenvalue weighted by molar-refractivity contribution is 14.1. The lowest BCUT2D eigenvalue weighted by Crippen LogP contribution is -1.84. The molecule has 0 aliphatic carbocycles. The predicted octanol–water partition coefficient (Wildman–Crippen LogP) is 6.26. The van der Waals surface area contributed by atoms with Crippen molar-refractivity contribution in [3.63, 3.8) is 0 Å². The molecule has 0 aliphatic heterocycles. The third-order valence-electron chi connectivity index (χ3n) is 3.92. The van der Waals surface area contributed by atoms with Gasteiger partial charge in [-0.1, -0.05) is 60.7 Å². The minimum Gasteiger partial charge on any atom is -0.0616 e. The number of hydrogen-bond acceptors (Lipinski definition) is 0. The maximum atomic E-state index is 2.35. The van der Waals surface area contributed by atoms with Gasteiger partial charge in [-0.05, 0) is 73.5 Å². The van der Waals surface area contributed by atoms with Crippen LogP contribution in [-0.4, -0.2) is 0 Å². The molecule has 0 saturated heterocycles. The molecule has 0 atom stereocenters. The molecule has 0 saturated carbocycles. The second kappa shape index (κ2) is 5.15. The first kappa shape index (κ1) is 12.8. The highest BCUT2D eigenvalue weighted by Crippen LogP contribution is 2.34. The summed E-state index contributed by atoms with van der Waals surface area (Å²) in [5.41, 5.74) is 2.58. The Morgan fingerprint density at radius 3 is 1.95 bits per heavy atom. The van der Waals surface area contributed by atoms with Crippen LogP contribution in [0, 0.1) is 3.57 Å². The summed E-state index contributed by atoms with van der Waals surface area (Å²) in [7, 11) is 0. The van der Waals surface area contributed by atoms with E-state index in [0.717, 1.165) is 0 Å². The van der Waals surface area contributed by atoms with Crippen LogP contribution in [0.2, 0.25) is 0 Å². The second-order valence-corrected chi connectivity index (χ2v) is 6.44. The zero-order valence-corrected chi connectivity index (χ0v) is 13.5. The van der Waals surface area contributed by atoms with Crippen LogP contribution in [0.4, 0.5) is 0 Å². The van der Waals surface area contributed by atoms with Crippen molar-refractivity contribution in [3.05, 3.63) is 82.4 Å². The molecule has 0 amide bonds. The quantitative estimate of drug-likeness (QED) is 0.270. The Kier molecular flexibility index (Phi) is 3.15. The van der Waals surface area contributed by atoms with Crippen molar-refractivity contribution in [2.75, 3.05) is 0 Å². The fourth-order valence-electron chi connectivity index (χ4n) is 2.92. The fourth-order valence-corrected chi connectivity index (χ4v) is 3.28. The van der Waals surface area contributed by atoms with E-state index in [1.54, 1.807) is 0 Å². The van der Waals surface area contributed by atoms with E-state index >= 15 is 0 Å². The van der Waals surface area contributed by atoms with E-state index in [0.29, 0.717) is 0 Å². The maximum absolute atomic E-state index is 2.35. The summed E-state index contributed by atoms with van der Waals surface area (Å²) < 4.78 is 1.27. The zero-order chi connectivity index (χ0) is 14.2. The summed E-state index contributed by atoms with van der Waals surface area (Å²) in [6.07, 6.45) is 0. The highest BCUT2D eigenvalue weighted by Gasteiger charge is 2.07. The number of rotatable bonds is 1. The van der Waals surface area contributed by atoms with Gasteiger partial charge in [-0.3, -0.25) is 0 Å². The second-order valence-electron chi connectivity index (χ2n) is 5.20. The van der Waals surface area contributed by atoms with Crippen LogP contribution < -0.4 is 0 Å². The first-order valence-electron chi connectivity index (χ1n) is 6.99. The Morgan fingerprint density at radius 2 is 1.19 bits per heavy atom. The molecule has 21 heavy (non-hydrogen) atoms. The zero-order valence-electron chi connectivity index (χ0n) is 11.4. The van der Waals surface area contributed by atoms with Gasteiger partial charge in [0.15, 0.2) is 0 Å². The Balaban J connectivity index is 2.13. The van der Waals surface area contributed by atoms with Crippen molar-refractivity contribution in [1.82, 2.24) is 0 Å². The summed E-state index contributed by atoms with van der Waals surface area (Å²) in [6.45, 7) is 0. The molecular formula is C20H13I. The van der Waals surface area contributed by atoms with E-state index < -0.39 is 0 Å². The van der Waals surface area contributed by atoms with Crippen molar-refractivity contribution in [3.8, 4) is 11.1 Å². The molecule has 4 aromatic carbocycles. The van der Waals surface area contributed by atoms with Gasteiger partial charge in [0.2, 0.25) is 0 Å². The van der Waals surface area contributed by atoms with E-state index in [1.165, 1.54) is 36.2 Å². The van der Waals surface area contributed by atoms with Gasteiger partial charge in [-0.25, -0.2) is 0 Å². The van der Waals surface area contributed by atoms with Crippen molar-refractivity contribution in [2.24, 2.45) is 0 Å². The van der Waals surface area contributed by atoms with Crippen LogP contribution in [0.1, 0.15) is 0 Å². The molecular weight excluding hydrogens is 367 g/mol. The van der Waals surface area contributed by atoms with Crippen molar-refractivity contribution in [2.45, 2.75) is 0 Å². The van der Waals surface area contributed by atoms with Crippen molar-refractivity contribution < 1.29 is 0 Å². The van der Waals surface area contributed by atoms with E-state index in [4.69, 9.17) is 0 Å². The molecule has 4 aromatic rings. The van der Waals surface area contributed by atoms with Crippen LogP contribution >= 0.6 is 22.6 Å². The SMILES string of the molecule is Ic1ccc(-c2cc3ccccc3c3ccccc23)cc1. The minimum absolute atomic E-state index is 1.27. The average Bonchev–Trinajstić information content (AvgIpc) is 2.55. The molecule has 100 valence electrons. The Labute approximate surface area is 137 Å². The smallest absolute Gasteiger partial charge is 0.0130 e. The highest BCUT2D eigenvalue weighted by atomic mass is 127. The van der Waals surface area contributed by atoms with Gasteiger partial charge in [0, 0.05) is 3.57 Å². The van der Waals surface area contributed by atoms with Crippen molar-refractivity contribution in [1.29, 1.82) is 0 Å². The van der Waals surface area contributed by atoms with Gasteiger partial charge in [0.25, 0.3) is 0 Å². The number of benzene rings is 4. The van der Waals surface area contributed by atoms with Gasteiger partial charge in [0.1, 0.15) is 0 Å². The van der Waals surface area contributed by atoms with Crippen molar-refractivity contribution >= 4 is 44.1 Å². The Hall–Kier alpha value is -1.87. The number of fused-ring (bicyclic) bond motifs is 3. The molecule has 0 unspecified atom stereocenters. The molecule has 0 aliphatic rings. The van der Waals surface area contributed by atoms with Gasteiger partial charge in [-0.2, -0.15) is 0 Å². The first-order valence-corrected chi connectivity index (χ1v) is 8.07. The summed E-state index contributed by atoms with van der Waals surface area (Å²) in [4.78, 5) is 0. The maximum Gasteiger partial charge on any atom is 0.0130 e. The molecule has 4 rings (SSSR count). The Morgan fingerprint density at radius 1 is 0.571 bits per heavy atom.